The van der Waals surface area contributed by atoms with E-state index in [9.17, 15) is 4.79 Å². The molecule has 96 valence electrons. The van der Waals surface area contributed by atoms with E-state index in [4.69, 9.17) is 10.5 Å². The third-order valence-corrected chi connectivity index (χ3v) is 2.47. The summed E-state index contributed by atoms with van der Waals surface area (Å²) in [5, 5.41) is 0. The summed E-state index contributed by atoms with van der Waals surface area (Å²) < 4.78 is 4.99. The Kier molecular flexibility index (Phi) is 7.22. The molecule has 1 heterocycles. The van der Waals surface area contributed by atoms with Gasteiger partial charge in [0.25, 0.3) is 0 Å². The van der Waals surface area contributed by atoms with E-state index in [-0.39, 0.29) is 5.97 Å². The van der Waals surface area contributed by atoms with Gasteiger partial charge in [0.15, 0.2) is 0 Å². The molecule has 3 heteroatoms. The lowest BCUT2D eigenvalue weighted by atomic mass is 9.84. The molecule has 0 aliphatic carbocycles. The number of rotatable bonds is 3. The molecule has 0 saturated carbocycles. The van der Waals surface area contributed by atoms with E-state index >= 15 is 0 Å². The van der Waals surface area contributed by atoms with Crippen molar-refractivity contribution in [2.75, 3.05) is 6.61 Å². The lowest BCUT2D eigenvalue weighted by molar-refractivity contribution is -0.152. The second kappa shape index (κ2) is 7.85. The third kappa shape index (κ3) is 3.86. The van der Waals surface area contributed by atoms with Crippen LogP contribution in [0.3, 0.4) is 0 Å². The number of cyclic esters (lactones) is 1. The summed E-state index contributed by atoms with van der Waals surface area (Å²) in [5.41, 5.74) is 5.83. The fourth-order valence-electron chi connectivity index (χ4n) is 1.67. The molecule has 1 saturated heterocycles. The average molecular weight is 237 g/mol. The monoisotopic (exact) mass is 237 g/mol. The number of allylic oxidation sites excluding steroid dienone is 3. The molecule has 0 bridgehead atoms. The van der Waals surface area contributed by atoms with Crippen LogP contribution in [-0.2, 0) is 9.53 Å². The predicted octanol–water partition coefficient (Wildman–Crippen LogP) is 2.74. The summed E-state index contributed by atoms with van der Waals surface area (Å²) in [6, 6.07) is 0. The van der Waals surface area contributed by atoms with Crippen molar-refractivity contribution in [1.29, 1.82) is 0 Å². The highest BCUT2D eigenvalue weighted by molar-refractivity contribution is 5.86. The van der Waals surface area contributed by atoms with Crippen molar-refractivity contribution in [3.8, 4) is 0 Å². The van der Waals surface area contributed by atoms with E-state index in [1.165, 1.54) is 0 Å². The Morgan fingerprint density at radius 3 is 2.65 bits per heavy atom. The van der Waals surface area contributed by atoms with Crippen LogP contribution in [0.1, 0.15) is 33.6 Å². The Balaban J connectivity index is 0.00000121. The third-order valence-electron chi connectivity index (χ3n) is 2.47. The first-order valence-electron chi connectivity index (χ1n) is 6.07. The molecule has 17 heavy (non-hydrogen) atoms. The standard InChI is InChI=1S/C12H17NO2.C2H6/c1-3-6-10(7-4-2)12(13)8-5-9-15-11(12)14;1-2/h3-4,6-7H,1,5,8-9,13H2,2H3;1-2H3/b7-4-,10-6+;. The summed E-state index contributed by atoms with van der Waals surface area (Å²) >= 11 is 0. The zero-order chi connectivity index (χ0) is 13.3. The fourth-order valence-corrected chi connectivity index (χ4v) is 1.67. The number of esters is 1. The van der Waals surface area contributed by atoms with Gasteiger partial charge in [-0.15, -0.1) is 0 Å². The minimum Gasteiger partial charge on any atom is -0.464 e. The van der Waals surface area contributed by atoms with Crippen molar-refractivity contribution >= 4 is 5.97 Å². The maximum Gasteiger partial charge on any atom is 0.330 e. The topological polar surface area (TPSA) is 52.3 Å². The zero-order valence-corrected chi connectivity index (χ0v) is 11.0. The molecule has 1 atom stereocenters. The first-order chi connectivity index (χ1) is 8.15. The Labute approximate surface area is 104 Å². The number of hydrogen-bond acceptors (Lipinski definition) is 3. The summed E-state index contributed by atoms with van der Waals surface area (Å²) in [4.78, 5) is 11.7. The fraction of sp³-hybridized carbons (Fsp3) is 0.500. The second-order valence-corrected chi connectivity index (χ2v) is 3.57. The van der Waals surface area contributed by atoms with E-state index in [0.717, 1.165) is 12.0 Å². The quantitative estimate of drug-likeness (QED) is 0.606. The maximum atomic E-state index is 11.7. The highest BCUT2D eigenvalue weighted by Gasteiger charge is 2.40. The van der Waals surface area contributed by atoms with Crippen molar-refractivity contribution in [3.63, 3.8) is 0 Å². The normalized spacial score (nSPS) is 24.9. The van der Waals surface area contributed by atoms with E-state index in [1.807, 2.05) is 32.9 Å². The molecular formula is C14H23NO2. The lowest BCUT2D eigenvalue weighted by Gasteiger charge is -2.32. The van der Waals surface area contributed by atoms with Gasteiger partial charge in [0.05, 0.1) is 6.61 Å². The SMILES string of the molecule is C=C/C=C(\C=C/C)C1(N)CCCOC1=O.CC. The highest BCUT2D eigenvalue weighted by atomic mass is 16.5. The highest BCUT2D eigenvalue weighted by Crippen LogP contribution is 2.26. The Morgan fingerprint density at radius 2 is 2.18 bits per heavy atom. The molecule has 1 rings (SSSR count). The molecule has 3 nitrogen and oxygen atoms in total. The van der Waals surface area contributed by atoms with Crippen LogP contribution in [0.25, 0.3) is 0 Å². The smallest absolute Gasteiger partial charge is 0.330 e. The lowest BCUT2D eigenvalue weighted by Crippen LogP contribution is -2.53. The van der Waals surface area contributed by atoms with Crippen LogP contribution >= 0.6 is 0 Å². The number of hydrogen-bond donors (Lipinski definition) is 1. The Morgan fingerprint density at radius 1 is 1.53 bits per heavy atom. The number of carbonyl (C=O) groups is 1. The van der Waals surface area contributed by atoms with Gasteiger partial charge in [0.1, 0.15) is 5.54 Å². The van der Waals surface area contributed by atoms with Crippen LogP contribution in [0.2, 0.25) is 0 Å². The van der Waals surface area contributed by atoms with E-state index < -0.39 is 5.54 Å². The van der Waals surface area contributed by atoms with E-state index in [0.29, 0.717) is 13.0 Å². The van der Waals surface area contributed by atoms with Crippen LogP contribution < -0.4 is 5.73 Å². The molecule has 0 radical (unpaired) electrons. The van der Waals surface area contributed by atoms with Gasteiger partial charge in [0, 0.05) is 0 Å². The van der Waals surface area contributed by atoms with Crippen molar-refractivity contribution in [3.05, 3.63) is 36.5 Å². The van der Waals surface area contributed by atoms with Crippen molar-refractivity contribution in [2.24, 2.45) is 5.73 Å². The van der Waals surface area contributed by atoms with Crippen LogP contribution in [0.15, 0.2) is 36.5 Å². The largest absolute Gasteiger partial charge is 0.464 e. The molecule has 0 amide bonds. The Hall–Kier alpha value is -1.35. The number of nitrogens with two attached hydrogens (primary N) is 1. The number of ether oxygens (including phenoxy) is 1. The molecular weight excluding hydrogens is 214 g/mol. The summed E-state index contributed by atoms with van der Waals surface area (Å²) in [6.07, 6.45) is 8.49. The van der Waals surface area contributed by atoms with Gasteiger partial charge in [-0.05, 0) is 25.3 Å². The van der Waals surface area contributed by atoms with Crippen molar-refractivity contribution in [2.45, 2.75) is 39.2 Å². The first kappa shape index (κ1) is 15.7. The molecule has 1 fully saturated rings. The van der Waals surface area contributed by atoms with E-state index in [2.05, 4.69) is 6.58 Å². The second-order valence-electron chi connectivity index (χ2n) is 3.57. The van der Waals surface area contributed by atoms with Crippen molar-refractivity contribution < 1.29 is 9.53 Å². The van der Waals surface area contributed by atoms with Gasteiger partial charge in [-0.3, -0.25) is 0 Å². The molecule has 1 aliphatic heterocycles. The summed E-state index contributed by atoms with van der Waals surface area (Å²) in [7, 11) is 0. The summed E-state index contributed by atoms with van der Waals surface area (Å²) in [6.45, 7) is 9.97. The molecule has 1 aliphatic rings. The van der Waals surface area contributed by atoms with E-state index in [1.54, 1.807) is 12.2 Å². The zero-order valence-electron chi connectivity index (χ0n) is 11.0. The van der Waals surface area contributed by atoms with Crippen molar-refractivity contribution in [1.82, 2.24) is 0 Å². The molecule has 0 spiro atoms. The molecule has 1 unspecified atom stereocenters. The minimum atomic E-state index is -1.00. The van der Waals surface area contributed by atoms with Gasteiger partial charge in [-0.1, -0.05) is 44.7 Å². The minimum absolute atomic E-state index is 0.347. The first-order valence-corrected chi connectivity index (χ1v) is 6.07. The predicted molar refractivity (Wildman–Crippen MR) is 71.6 cm³/mol. The van der Waals surface area contributed by atoms with Gasteiger partial charge >= 0.3 is 5.97 Å². The Bertz CT molecular complexity index is 318. The molecule has 0 aromatic carbocycles. The molecule has 2 N–H and O–H groups in total. The maximum absolute atomic E-state index is 11.7. The van der Waals surface area contributed by atoms with Crippen LogP contribution in [0.5, 0.6) is 0 Å². The van der Waals surface area contributed by atoms with Crippen LogP contribution in [0.4, 0.5) is 0 Å². The number of carbonyl (C=O) groups excluding carboxylic acids is 1. The van der Waals surface area contributed by atoms with Gasteiger partial charge in [-0.25, -0.2) is 4.79 Å². The molecule has 0 aromatic heterocycles. The van der Waals surface area contributed by atoms with Crippen LogP contribution in [-0.4, -0.2) is 18.1 Å². The average Bonchev–Trinajstić information content (AvgIpc) is 2.35. The van der Waals surface area contributed by atoms with Crippen LogP contribution in [0, 0.1) is 0 Å². The van der Waals surface area contributed by atoms with Gasteiger partial charge in [-0.2, -0.15) is 0 Å². The summed E-state index contributed by atoms with van der Waals surface area (Å²) in [5.74, 6) is -0.347. The van der Waals surface area contributed by atoms with Gasteiger partial charge < -0.3 is 10.5 Å². The molecule has 0 aromatic rings. The van der Waals surface area contributed by atoms with Gasteiger partial charge in [0.2, 0.25) is 0 Å².